The number of rotatable bonds is 6. The lowest BCUT2D eigenvalue weighted by Gasteiger charge is -2.06. The number of sulfonamides is 1. The lowest BCUT2D eigenvalue weighted by molar-refractivity contribution is 0.564. The molecule has 0 saturated heterocycles. The Morgan fingerprint density at radius 2 is 2.00 bits per heavy atom. The van der Waals surface area contributed by atoms with Crippen molar-refractivity contribution in [2.24, 2.45) is 5.92 Å². The van der Waals surface area contributed by atoms with Gasteiger partial charge in [-0.25, -0.2) is 13.1 Å². The fourth-order valence-corrected chi connectivity index (χ4v) is 2.20. The van der Waals surface area contributed by atoms with Crippen molar-refractivity contribution < 1.29 is 8.42 Å². The third-order valence-electron chi connectivity index (χ3n) is 1.38. The van der Waals surface area contributed by atoms with E-state index in [4.69, 9.17) is 11.6 Å². The summed E-state index contributed by atoms with van der Waals surface area (Å²) in [6.07, 6.45) is 0.692. The molecule has 1 N–H and O–H groups in total. The summed E-state index contributed by atoms with van der Waals surface area (Å²) < 4.78 is 24.7. The molecule has 5 heteroatoms. The molecule has 0 rings (SSSR count). The zero-order valence-electron chi connectivity index (χ0n) is 7.51. The second kappa shape index (κ2) is 5.78. The van der Waals surface area contributed by atoms with Crippen LogP contribution in [0.2, 0.25) is 0 Å². The first-order valence-corrected chi connectivity index (χ1v) is 6.20. The van der Waals surface area contributed by atoms with Gasteiger partial charge in [-0.2, -0.15) is 0 Å². The average molecular weight is 214 g/mol. The summed E-state index contributed by atoms with van der Waals surface area (Å²) in [6.45, 7) is 4.32. The first-order valence-electron chi connectivity index (χ1n) is 4.01. The maximum absolute atomic E-state index is 11.1. The van der Waals surface area contributed by atoms with E-state index in [-0.39, 0.29) is 5.75 Å². The molecule has 0 aliphatic rings. The van der Waals surface area contributed by atoms with Crippen LogP contribution in [-0.4, -0.2) is 26.6 Å². The number of hydrogen-bond donors (Lipinski definition) is 1. The van der Waals surface area contributed by atoms with Gasteiger partial charge in [0.1, 0.15) is 0 Å². The van der Waals surface area contributed by atoms with Gasteiger partial charge in [-0.15, -0.1) is 11.6 Å². The minimum atomic E-state index is -3.07. The third kappa shape index (κ3) is 6.88. The van der Waals surface area contributed by atoms with E-state index in [0.717, 1.165) is 0 Å². The second-order valence-corrected chi connectivity index (χ2v) is 5.39. The Kier molecular flexibility index (Phi) is 5.88. The molecule has 0 unspecified atom stereocenters. The second-order valence-electron chi connectivity index (χ2n) is 3.08. The zero-order valence-corrected chi connectivity index (χ0v) is 9.08. The Bertz CT molecular complexity index is 201. The zero-order chi connectivity index (χ0) is 9.61. The van der Waals surface area contributed by atoms with Crippen molar-refractivity contribution >= 4 is 21.6 Å². The van der Waals surface area contributed by atoms with E-state index in [1.807, 2.05) is 13.8 Å². The smallest absolute Gasteiger partial charge is 0.211 e. The highest BCUT2D eigenvalue weighted by molar-refractivity contribution is 7.89. The lowest BCUT2D eigenvalue weighted by atomic mass is 10.2. The van der Waals surface area contributed by atoms with Crippen molar-refractivity contribution in [2.75, 3.05) is 18.2 Å². The molecule has 0 radical (unpaired) electrons. The van der Waals surface area contributed by atoms with Gasteiger partial charge in [-0.3, -0.25) is 0 Å². The number of halogens is 1. The molecule has 0 atom stereocenters. The van der Waals surface area contributed by atoms with Gasteiger partial charge in [-0.05, 0) is 12.3 Å². The molecule has 0 aromatic heterocycles. The third-order valence-corrected chi connectivity index (χ3v) is 2.99. The van der Waals surface area contributed by atoms with Crippen molar-refractivity contribution in [3.05, 3.63) is 0 Å². The van der Waals surface area contributed by atoms with Gasteiger partial charge in [0.05, 0.1) is 5.75 Å². The molecule has 0 heterocycles. The molecule has 0 aliphatic carbocycles. The number of nitrogens with one attached hydrogen (secondary N) is 1. The molecule has 0 amide bonds. The van der Waals surface area contributed by atoms with E-state index >= 15 is 0 Å². The van der Waals surface area contributed by atoms with Crippen LogP contribution in [0.15, 0.2) is 0 Å². The highest BCUT2D eigenvalue weighted by atomic mass is 35.5. The van der Waals surface area contributed by atoms with Gasteiger partial charge >= 0.3 is 0 Å². The van der Waals surface area contributed by atoms with Crippen molar-refractivity contribution in [3.63, 3.8) is 0 Å². The molecule has 0 aliphatic heterocycles. The molecule has 0 aromatic carbocycles. The first-order chi connectivity index (χ1) is 5.48. The number of alkyl halides is 1. The summed E-state index contributed by atoms with van der Waals surface area (Å²) in [5.41, 5.74) is 0. The average Bonchev–Trinajstić information content (AvgIpc) is 1.98. The molecule has 3 nitrogen and oxygen atoms in total. The molecule has 74 valence electrons. The summed E-state index contributed by atoms with van der Waals surface area (Å²) in [4.78, 5) is 0. The summed E-state index contributed by atoms with van der Waals surface area (Å²) in [6, 6.07) is 0. The summed E-state index contributed by atoms with van der Waals surface area (Å²) in [5, 5.41) is 0. The van der Waals surface area contributed by atoms with Crippen LogP contribution >= 0.6 is 11.6 Å². The van der Waals surface area contributed by atoms with Crippen LogP contribution in [0.4, 0.5) is 0 Å². The molecular formula is C7H16ClNO2S. The van der Waals surface area contributed by atoms with Crippen LogP contribution in [0.1, 0.15) is 20.3 Å². The van der Waals surface area contributed by atoms with E-state index in [2.05, 4.69) is 4.72 Å². The van der Waals surface area contributed by atoms with Crippen LogP contribution in [0.5, 0.6) is 0 Å². The quantitative estimate of drug-likeness (QED) is 0.674. The van der Waals surface area contributed by atoms with Crippen molar-refractivity contribution in [2.45, 2.75) is 20.3 Å². The Labute approximate surface area is 79.5 Å². The Hall–Kier alpha value is 0.200. The highest BCUT2D eigenvalue weighted by Gasteiger charge is 2.09. The normalized spacial score (nSPS) is 12.3. The molecule has 0 fully saturated rings. The van der Waals surface area contributed by atoms with E-state index < -0.39 is 10.0 Å². The molecule has 0 bridgehead atoms. The van der Waals surface area contributed by atoms with Gasteiger partial charge in [0.15, 0.2) is 0 Å². The van der Waals surface area contributed by atoms with Crippen LogP contribution in [-0.2, 0) is 10.0 Å². The molecule has 12 heavy (non-hydrogen) atoms. The topological polar surface area (TPSA) is 46.2 Å². The van der Waals surface area contributed by atoms with Crippen LogP contribution < -0.4 is 4.72 Å². The van der Waals surface area contributed by atoms with Gasteiger partial charge in [0, 0.05) is 12.4 Å². The predicted octanol–water partition coefficient (Wildman–Crippen LogP) is 1.19. The Balaban J connectivity index is 3.73. The molecule has 0 aromatic rings. The van der Waals surface area contributed by atoms with Gasteiger partial charge in [-0.1, -0.05) is 13.8 Å². The largest absolute Gasteiger partial charge is 0.214 e. The fourth-order valence-electron chi connectivity index (χ4n) is 0.657. The van der Waals surface area contributed by atoms with Crippen molar-refractivity contribution in [3.8, 4) is 0 Å². The molecule has 0 saturated carbocycles. The van der Waals surface area contributed by atoms with Crippen LogP contribution in [0.25, 0.3) is 0 Å². The van der Waals surface area contributed by atoms with Gasteiger partial charge in [0.2, 0.25) is 10.0 Å². The fraction of sp³-hybridized carbons (Fsp3) is 1.00. The Morgan fingerprint density at radius 1 is 1.42 bits per heavy atom. The van der Waals surface area contributed by atoms with Crippen molar-refractivity contribution in [1.82, 2.24) is 4.72 Å². The monoisotopic (exact) mass is 213 g/mol. The summed E-state index contributed by atoms with van der Waals surface area (Å²) in [7, 11) is -3.07. The lowest BCUT2D eigenvalue weighted by Crippen LogP contribution is -2.28. The van der Waals surface area contributed by atoms with E-state index in [9.17, 15) is 8.42 Å². The predicted molar refractivity (Wildman–Crippen MR) is 52.0 cm³/mol. The first kappa shape index (κ1) is 12.2. The SMILES string of the molecule is CC(C)CCS(=O)(=O)NCCCl. The minimum Gasteiger partial charge on any atom is -0.214 e. The maximum atomic E-state index is 11.1. The van der Waals surface area contributed by atoms with Crippen LogP contribution in [0, 0.1) is 5.92 Å². The van der Waals surface area contributed by atoms with Gasteiger partial charge in [0.25, 0.3) is 0 Å². The molecular weight excluding hydrogens is 198 g/mol. The van der Waals surface area contributed by atoms with Crippen molar-refractivity contribution in [1.29, 1.82) is 0 Å². The number of hydrogen-bond acceptors (Lipinski definition) is 2. The summed E-state index contributed by atoms with van der Waals surface area (Å²) >= 11 is 5.34. The van der Waals surface area contributed by atoms with Gasteiger partial charge < -0.3 is 0 Å². The standard InChI is InChI=1S/C7H16ClNO2S/c1-7(2)3-6-12(10,11)9-5-4-8/h7,9H,3-6H2,1-2H3. The maximum Gasteiger partial charge on any atom is 0.211 e. The van der Waals surface area contributed by atoms with E-state index in [1.54, 1.807) is 0 Å². The summed E-state index contributed by atoms with van der Waals surface area (Å²) in [5.74, 6) is 0.931. The highest BCUT2D eigenvalue weighted by Crippen LogP contribution is 2.01. The van der Waals surface area contributed by atoms with E-state index in [0.29, 0.717) is 24.8 Å². The molecule has 0 spiro atoms. The van der Waals surface area contributed by atoms with Crippen LogP contribution in [0.3, 0.4) is 0 Å². The van der Waals surface area contributed by atoms with E-state index in [1.165, 1.54) is 0 Å². The minimum absolute atomic E-state index is 0.196. The Morgan fingerprint density at radius 3 is 2.42 bits per heavy atom.